The molecule has 0 aromatic carbocycles. The second kappa shape index (κ2) is 38.4. The lowest BCUT2D eigenvalue weighted by molar-refractivity contribution is -0.161. The predicted octanol–water partition coefficient (Wildman–Crippen LogP) is 10.3. The smallest absolute Gasteiger partial charge is 0.472 e. The Morgan fingerprint density at radius 2 is 1.11 bits per heavy atom. The minimum atomic E-state index is -4.75. The molecule has 0 fully saturated rings. The SMILES string of the molecule is CCCCCCCC/C=C\C/C=C\C/C=C\CCCC(=O)OC[C@H](COP(=O)(O)OC[C@H](N)C(=O)O)OC(=O)CCCCCCC/C=C\C=C\C(=O)CCCCC. The Morgan fingerprint density at radius 3 is 1.75 bits per heavy atom. The minimum absolute atomic E-state index is 0.0969. The zero-order chi connectivity index (χ0) is 42.2. The first-order valence-corrected chi connectivity index (χ1v) is 22.8. The number of phosphoric acid groups is 1. The van der Waals surface area contributed by atoms with E-state index in [1.165, 1.54) is 38.5 Å². The van der Waals surface area contributed by atoms with E-state index in [1.807, 2.05) is 24.3 Å². The van der Waals surface area contributed by atoms with Crippen LogP contribution in [0.15, 0.2) is 60.8 Å². The molecule has 4 N–H and O–H groups in total. The summed E-state index contributed by atoms with van der Waals surface area (Å²) in [5, 5.41) is 8.88. The Balaban J connectivity index is 4.54. The molecular formula is C44H74NO11P. The van der Waals surface area contributed by atoms with Crippen molar-refractivity contribution in [3.63, 3.8) is 0 Å². The average Bonchev–Trinajstić information content (AvgIpc) is 3.18. The number of carboxylic acids is 1. The fraction of sp³-hybridized carbons (Fsp3) is 0.682. The van der Waals surface area contributed by atoms with Crippen LogP contribution in [0.3, 0.4) is 0 Å². The van der Waals surface area contributed by atoms with Crippen LogP contribution < -0.4 is 5.73 Å². The number of unbranched alkanes of at least 4 members (excludes halogenated alkanes) is 14. The van der Waals surface area contributed by atoms with Gasteiger partial charge >= 0.3 is 25.7 Å². The van der Waals surface area contributed by atoms with Crippen LogP contribution in [0.4, 0.5) is 0 Å². The van der Waals surface area contributed by atoms with Crippen molar-refractivity contribution in [2.24, 2.45) is 5.73 Å². The predicted molar refractivity (Wildman–Crippen MR) is 226 cm³/mol. The summed E-state index contributed by atoms with van der Waals surface area (Å²) in [5.41, 5.74) is 5.32. The molecule has 57 heavy (non-hydrogen) atoms. The molecule has 0 bridgehead atoms. The van der Waals surface area contributed by atoms with Gasteiger partial charge in [0, 0.05) is 19.3 Å². The van der Waals surface area contributed by atoms with Crippen molar-refractivity contribution in [2.45, 2.75) is 174 Å². The largest absolute Gasteiger partial charge is 0.480 e. The van der Waals surface area contributed by atoms with Crippen LogP contribution in [0.2, 0.25) is 0 Å². The maximum absolute atomic E-state index is 12.6. The summed E-state index contributed by atoms with van der Waals surface area (Å²) >= 11 is 0. The molecule has 0 radical (unpaired) electrons. The number of phosphoric ester groups is 1. The number of ketones is 1. The minimum Gasteiger partial charge on any atom is -0.480 e. The van der Waals surface area contributed by atoms with Gasteiger partial charge in [0.25, 0.3) is 0 Å². The zero-order valence-electron chi connectivity index (χ0n) is 34.9. The van der Waals surface area contributed by atoms with Gasteiger partial charge in [0.1, 0.15) is 12.6 Å². The highest BCUT2D eigenvalue weighted by molar-refractivity contribution is 7.47. The van der Waals surface area contributed by atoms with Crippen LogP contribution in [0.25, 0.3) is 0 Å². The van der Waals surface area contributed by atoms with Crippen molar-refractivity contribution < 1.29 is 52.3 Å². The van der Waals surface area contributed by atoms with Gasteiger partial charge in [-0.3, -0.25) is 28.2 Å². The van der Waals surface area contributed by atoms with Gasteiger partial charge in [-0.2, -0.15) is 0 Å². The Kier molecular flexibility index (Phi) is 36.3. The van der Waals surface area contributed by atoms with Crippen molar-refractivity contribution in [2.75, 3.05) is 19.8 Å². The van der Waals surface area contributed by atoms with Crippen molar-refractivity contribution >= 4 is 31.5 Å². The van der Waals surface area contributed by atoms with Crippen molar-refractivity contribution in [3.8, 4) is 0 Å². The number of hydrogen-bond donors (Lipinski definition) is 3. The van der Waals surface area contributed by atoms with Crippen LogP contribution >= 0.6 is 7.82 Å². The summed E-state index contributed by atoms with van der Waals surface area (Å²) in [7, 11) is -4.75. The molecule has 12 nitrogen and oxygen atoms in total. The maximum atomic E-state index is 12.6. The number of carbonyl (C=O) groups excluding carboxylic acids is 3. The lowest BCUT2D eigenvalue weighted by Gasteiger charge is -2.20. The quantitative estimate of drug-likeness (QED) is 0.0133. The van der Waals surface area contributed by atoms with Gasteiger partial charge < -0.3 is 25.2 Å². The third-order valence-corrected chi connectivity index (χ3v) is 9.67. The highest BCUT2D eigenvalue weighted by Gasteiger charge is 2.28. The summed E-state index contributed by atoms with van der Waals surface area (Å²) < 4.78 is 32.5. The number of allylic oxidation sites excluding steroid dienone is 10. The first-order valence-electron chi connectivity index (χ1n) is 21.3. The molecule has 0 aliphatic rings. The summed E-state index contributed by atoms with van der Waals surface area (Å²) in [5.74, 6) is -2.37. The van der Waals surface area contributed by atoms with Crippen LogP contribution in [0.5, 0.6) is 0 Å². The molecular weight excluding hydrogens is 749 g/mol. The number of ether oxygens (including phenoxy) is 2. The standard InChI is InChI=1S/C44H74NO11P/c1-3-5-7-8-9-10-11-12-13-14-15-16-17-20-23-26-30-34-42(47)53-36-40(37-54-57(51,52)55-38-41(45)44(49)50)56-43(48)35-31-27-24-21-18-19-22-25-29-33-39(46)32-28-6-4-2/h12-13,15-16,20,22-23,25,29,33,40-41H,3-11,14,17-19,21,24,26-28,30-32,34-38,45H2,1-2H3,(H,49,50)(H,51,52)/b13-12-,16-15-,23-20-,25-22-,33-29+/t40-,41+/m1/s1. The first kappa shape index (κ1) is 53.9. The van der Waals surface area contributed by atoms with Gasteiger partial charge in [-0.1, -0.05) is 133 Å². The molecule has 3 atom stereocenters. The molecule has 13 heteroatoms. The molecule has 326 valence electrons. The van der Waals surface area contributed by atoms with Gasteiger partial charge in [-0.15, -0.1) is 0 Å². The number of rotatable bonds is 39. The van der Waals surface area contributed by atoms with E-state index in [1.54, 1.807) is 12.2 Å². The van der Waals surface area contributed by atoms with Gasteiger partial charge in [-0.05, 0) is 70.3 Å². The maximum Gasteiger partial charge on any atom is 0.472 e. The van der Waals surface area contributed by atoms with Gasteiger partial charge in [-0.25, -0.2) is 4.57 Å². The average molecular weight is 824 g/mol. The Hall–Kier alpha value is -3.15. The first-order chi connectivity index (χ1) is 27.5. The van der Waals surface area contributed by atoms with Crippen LogP contribution in [0, 0.1) is 0 Å². The Labute approximate surface area is 343 Å². The Morgan fingerprint density at radius 1 is 0.596 bits per heavy atom. The zero-order valence-corrected chi connectivity index (χ0v) is 35.8. The molecule has 0 aliphatic carbocycles. The number of carboxylic acid groups (broad SMARTS) is 1. The van der Waals surface area contributed by atoms with E-state index in [0.717, 1.165) is 70.6 Å². The lowest BCUT2D eigenvalue weighted by atomic mass is 10.1. The van der Waals surface area contributed by atoms with E-state index in [2.05, 4.69) is 42.7 Å². The molecule has 1 unspecified atom stereocenters. The fourth-order valence-corrected chi connectivity index (χ4v) is 6.07. The third-order valence-electron chi connectivity index (χ3n) is 8.71. The molecule has 0 aromatic heterocycles. The molecule has 0 rings (SSSR count). The summed E-state index contributed by atoms with van der Waals surface area (Å²) in [4.78, 5) is 57.6. The molecule has 0 saturated heterocycles. The molecule has 0 spiro atoms. The molecule has 0 aliphatic heterocycles. The van der Waals surface area contributed by atoms with E-state index in [9.17, 15) is 28.6 Å². The summed E-state index contributed by atoms with van der Waals surface area (Å²) in [6.45, 7) is 2.53. The van der Waals surface area contributed by atoms with Gasteiger partial charge in [0.05, 0.1) is 13.2 Å². The van der Waals surface area contributed by atoms with Crippen LogP contribution in [-0.4, -0.2) is 65.7 Å². The molecule has 0 saturated carbocycles. The Bertz CT molecular complexity index is 1260. The number of nitrogens with two attached hydrogens (primary N) is 1. The number of carbonyl (C=O) groups is 4. The van der Waals surface area contributed by atoms with E-state index in [4.69, 9.17) is 24.8 Å². The van der Waals surface area contributed by atoms with E-state index >= 15 is 0 Å². The fourth-order valence-electron chi connectivity index (χ4n) is 5.30. The topological polar surface area (TPSA) is 189 Å². The number of esters is 2. The second-order valence-corrected chi connectivity index (χ2v) is 15.6. The molecule has 0 heterocycles. The number of aliphatic carboxylic acids is 1. The monoisotopic (exact) mass is 823 g/mol. The second-order valence-electron chi connectivity index (χ2n) is 14.2. The summed E-state index contributed by atoms with van der Waals surface area (Å²) in [6, 6.07) is -1.54. The van der Waals surface area contributed by atoms with Gasteiger partial charge in [0.15, 0.2) is 11.9 Å². The summed E-state index contributed by atoms with van der Waals surface area (Å²) in [6.07, 6.45) is 39.9. The normalized spacial score (nSPS) is 14.2. The van der Waals surface area contributed by atoms with Crippen molar-refractivity contribution in [1.82, 2.24) is 0 Å². The van der Waals surface area contributed by atoms with E-state index in [0.29, 0.717) is 25.7 Å². The highest BCUT2D eigenvalue weighted by Crippen LogP contribution is 2.43. The molecule has 0 amide bonds. The van der Waals surface area contributed by atoms with Crippen LogP contribution in [0.1, 0.15) is 162 Å². The lowest BCUT2D eigenvalue weighted by Crippen LogP contribution is -2.34. The van der Waals surface area contributed by atoms with E-state index in [-0.39, 0.29) is 18.6 Å². The van der Waals surface area contributed by atoms with Gasteiger partial charge in [0.2, 0.25) is 0 Å². The van der Waals surface area contributed by atoms with Crippen molar-refractivity contribution in [1.29, 1.82) is 0 Å². The van der Waals surface area contributed by atoms with Crippen LogP contribution in [-0.2, 0) is 42.3 Å². The number of hydrogen-bond acceptors (Lipinski definition) is 10. The molecule has 0 aromatic rings. The third kappa shape index (κ3) is 38.2. The van der Waals surface area contributed by atoms with Crippen molar-refractivity contribution in [3.05, 3.63) is 60.8 Å². The highest BCUT2D eigenvalue weighted by atomic mass is 31.2. The van der Waals surface area contributed by atoms with E-state index < -0.39 is 57.7 Å².